The minimum atomic E-state index is -0.777. The molecule has 0 aromatic rings. The molecule has 0 amide bonds. The van der Waals surface area contributed by atoms with Crippen molar-refractivity contribution in [1.82, 2.24) is 0 Å². The highest BCUT2D eigenvalue weighted by atomic mass is 16.6. The molecular formula is C67H122O6. The van der Waals surface area contributed by atoms with Crippen LogP contribution >= 0.6 is 0 Å². The summed E-state index contributed by atoms with van der Waals surface area (Å²) in [6.45, 7) is 6.63. The van der Waals surface area contributed by atoms with Gasteiger partial charge in [0.2, 0.25) is 0 Å². The summed E-state index contributed by atoms with van der Waals surface area (Å²) in [4.78, 5) is 38.3. The number of unbranched alkanes of at least 4 members (excludes halogenated alkanes) is 40. The normalized spacial score (nSPS) is 12.3. The Morgan fingerprint density at radius 3 is 0.795 bits per heavy atom. The molecule has 0 aromatic carbocycles. The van der Waals surface area contributed by atoms with E-state index in [-0.39, 0.29) is 31.1 Å². The fourth-order valence-electron chi connectivity index (χ4n) is 9.43. The van der Waals surface area contributed by atoms with Crippen molar-refractivity contribution in [2.75, 3.05) is 13.2 Å². The number of esters is 3. The van der Waals surface area contributed by atoms with E-state index >= 15 is 0 Å². The Balaban J connectivity index is 4.27. The van der Waals surface area contributed by atoms with Gasteiger partial charge < -0.3 is 14.2 Å². The maximum Gasteiger partial charge on any atom is 0.306 e. The predicted molar refractivity (Wildman–Crippen MR) is 316 cm³/mol. The van der Waals surface area contributed by atoms with Crippen molar-refractivity contribution < 1.29 is 28.6 Å². The molecule has 426 valence electrons. The number of carbonyl (C=O) groups excluding carboxylic acids is 3. The van der Waals surface area contributed by atoms with Crippen molar-refractivity contribution in [3.05, 3.63) is 48.6 Å². The molecule has 0 aliphatic rings. The lowest BCUT2D eigenvalue weighted by molar-refractivity contribution is -0.167. The van der Waals surface area contributed by atoms with Gasteiger partial charge in [-0.15, -0.1) is 0 Å². The van der Waals surface area contributed by atoms with Crippen molar-refractivity contribution >= 4 is 17.9 Å². The van der Waals surface area contributed by atoms with Crippen LogP contribution < -0.4 is 0 Å². The standard InChI is InChI=1S/C67H122O6/c1-4-7-10-13-16-19-22-25-28-30-31-32-33-34-35-36-37-38-40-42-45-48-51-54-57-60-66(69)72-63-64(62-71-65(68)59-56-53-50-47-44-41-27-24-21-18-15-12-9-6-3)73-67(70)61-58-55-52-49-46-43-39-29-26-23-20-17-14-11-8-5-2/h15,18,22,24-25,27,30-31,64H,4-14,16-17,19-21,23,26,28-29,32-63H2,1-3H3/b18-15-,25-22-,27-24-,31-30-. The summed E-state index contributed by atoms with van der Waals surface area (Å²) in [5.74, 6) is -0.868. The zero-order valence-corrected chi connectivity index (χ0v) is 48.9. The highest BCUT2D eigenvalue weighted by Gasteiger charge is 2.19. The second kappa shape index (κ2) is 61.9. The lowest BCUT2D eigenvalue weighted by atomic mass is 10.0. The third-order valence-corrected chi connectivity index (χ3v) is 14.3. The van der Waals surface area contributed by atoms with E-state index in [1.807, 2.05) is 0 Å². The van der Waals surface area contributed by atoms with Crippen molar-refractivity contribution in [2.45, 2.75) is 348 Å². The SMILES string of the molecule is CCCC/C=C\C/C=C\CCCCCCCC(=O)OCC(COC(=O)CCCCCCCCCCCCCCC/C=C\C/C=C\CCCCCCC)OC(=O)CCCCCCCCCCCCCCCCCC. The first-order chi connectivity index (χ1) is 36.0. The second-order valence-corrected chi connectivity index (χ2v) is 21.7. The van der Waals surface area contributed by atoms with E-state index < -0.39 is 6.10 Å². The first kappa shape index (κ1) is 70.4. The van der Waals surface area contributed by atoms with Crippen LogP contribution in [0.4, 0.5) is 0 Å². The number of carbonyl (C=O) groups is 3. The van der Waals surface area contributed by atoms with Crippen LogP contribution in [0.2, 0.25) is 0 Å². The third kappa shape index (κ3) is 60.1. The highest BCUT2D eigenvalue weighted by molar-refractivity contribution is 5.71. The minimum absolute atomic E-state index is 0.0742. The number of ether oxygens (including phenoxy) is 3. The van der Waals surface area contributed by atoms with Crippen LogP contribution in [0.25, 0.3) is 0 Å². The molecule has 0 saturated heterocycles. The summed E-state index contributed by atoms with van der Waals surface area (Å²) in [7, 11) is 0. The Labute approximate surface area is 454 Å². The van der Waals surface area contributed by atoms with Crippen LogP contribution in [-0.4, -0.2) is 37.2 Å². The maximum absolute atomic E-state index is 12.9. The molecule has 0 heterocycles. The first-order valence-electron chi connectivity index (χ1n) is 32.1. The average molecular weight is 1020 g/mol. The van der Waals surface area contributed by atoms with Gasteiger partial charge in [0, 0.05) is 19.3 Å². The monoisotopic (exact) mass is 1020 g/mol. The smallest absolute Gasteiger partial charge is 0.306 e. The molecule has 0 aliphatic heterocycles. The van der Waals surface area contributed by atoms with Gasteiger partial charge in [0.1, 0.15) is 13.2 Å². The van der Waals surface area contributed by atoms with Gasteiger partial charge in [-0.3, -0.25) is 14.4 Å². The van der Waals surface area contributed by atoms with Crippen LogP contribution in [0.15, 0.2) is 48.6 Å². The van der Waals surface area contributed by atoms with Crippen LogP contribution in [-0.2, 0) is 28.6 Å². The number of hydrogen-bond donors (Lipinski definition) is 0. The minimum Gasteiger partial charge on any atom is -0.462 e. The zero-order valence-electron chi connectivity index (χ0n) is 48.9. The summed E-state index contributed by atoms with van der Waals surface area (Å²) in [6.07, 6.45) is 76.9. The molecular weight excluding hydrogens is 901 g/mol. The molecule has 0 aliphatic carbocycles. The number of rotatable bonds is 59. The Hall–Kier alpha value is -2.63. The van der Waals surface area contributed by atoms with Gasteiger partial charge in [0.25, 0.3) is 0 Å². The van der Waals surface area contributed by atoms with Crippen molar-refractivity contribution in [1.29, 1.82) is 0 Å². The van der Waals surface area contributed by atoms with Crippen LogP contribution in [0.3, 0.4) is 0 Å². The summed E-state index contributed by atoms with van der Waals surface area (Å²) in [5.41, 5.74) is 0. The van der Waals surface area contributed by atoms with Gasteiger partial charge in [-0.25, -0.2) is 0 Å². The average Bonchev–Trinajstić information content (AvgIpc) is 3.39. The Bertz CT molecular complexity index is 1270. The molecule has 0 spiro atoms. The fourth-order valence-corrected chi connectivity index (χ4v) is 9.43. The Morgan fingerprint density at radius 1 is 0.274 bits per heavy atom. The Kier molecular flexibility index (Phi) is 59.7. The van der Waals surface area contributed by atoms with Crippen molar-refractivity contribution in [3.8, 4) is 0 Å². The fraction of sp³-hybridized carbons (Fsp3) is 0.836. The van der Waals surface area contributed by atoms with Crippen molar-refractivity contribution in [3.63, 3.8) is 0 Å². The molecule has 0 N–H and O–H groups in total. The van der Waals surface area contributed by atoms with Crippen molar-refractivity contribution in [2.24, 2.45) is 0 Å². The van der Waals surface area contributed by atoms with Gasteiger partial charge in [-0.05, 0) is 77.0 Å². The quantitative estimate of drug-likeness (QED) is 0.0261. The first-order valence-corrected chi connectivity index (χ1v) is 32.1. The molecule has 0 aromatic heterocycles. The molecule has 1 atom stereocenters. The van der Waals surface area contributed by atoms with Gasteiger partial charge in [0.05, 0.1) is 0 Å². The van der Waals surface area contributed by atoms with E-state index in [9.17, 15) is 14.4 Å². The van der Waals surface area contributed by atoms with E-state index in [1.165, 1.54) is 218 Å². The molecule has 0 saturated carbocycles. The van der Waals surface area contributed by atoms with E-state index in [4.69, 9.17) is 14.2 Å². The second-order valence-electron chi connectivity index (χ2n) is 21.7. The van der Waals surface area contributed by atoms with Crippen LogP contribution in [0.1, 0.15) is 342 Å². The number of allylic oxidation sites excluding steroid dienone is 8. The Morgan fingerprint density at radius 2 is 0.507 bits per heavy atom. The zero-order chi connectivity index (χ0) is 52.9. The molecule has 0 fully saturated rings. The lowest BCUT2D eigenvalue weighted by Gasteiger charge is -2.18. The lowest BCUT2D eigenvalue weighted by Crippen LogP contribution is -2.30. The maximum atomic E-state index is 12.9. The third-order valence-electron chi connectivity index (χ3n) is 14.3. The molecule has 6 heteroatoms. The molecule has 0 radical (unpaired) electrons. The summed E-state index contributed by atoms with van der Waals surface area (Å²) in [5, 5.41) is 0. The molecule has 0 bridgehead atoms. The van der Waals surface area contributed by atoms with E-state index in [1.54, 1.807) is 0 Å². The summed E-state index contributed by atoms with van der Waals surface area (Å²) >= 11 is 0. The van der Waals surface area contributed by atoms with E-state index in [0.717, 1.165) is 83.5 Å². The van der Waals surface area contributed by atoms with Crippen LogP contribution in [0, 0.1) is 0 Å². The van der Waals surface area contributed by atoms with Gasteiger partial charge >= 0.3 is 17.9 Å². The highest BCUT2D eigenvalue weighted by Crippen LogP contribution is 2.17. The van der Waals surface area contributed by atoms with Gasteiger partial charge in [0.15, 0.2) is 6.10 Å². The van der Waals surface area contributed by atoms with Crippen LogP contribution in [0.5, 0.6) is 0 Å². The van der Waals surface area contributed by atoms with Gasteiger partial charge in [-0.1, -0.05) is 294 Å². The molecule has 1 unspecified atom stereocenters. The molecule has 6 nitrogen and oxygen atoms in total. The van der Waals surface area contributed by atoms with E-state index in [2.05, 4.69) is 69.4 Å². The molecule has 73 heavy (non-hydrogen) atoms. The topological polar surface area (TPSA) is 78.9 Å². The summed E-state index contributed by atoms with van der Waals surface area (Å²) < 4.78 is 16.9. The predicted octanol–water partition coefficient (Wildman–Crippen LogP) is 21.8. The largest absolute Gasteiger partial charge is 0.462 e. The van der Waals surface area contributed by atoms with E-state index in [0.29, 0.717) is 19.3 Å². The molecule has 0 rings (SSSR count). The van der Waals surface area contributed by atoms with Gasteiger partial charge in [-0.2, -0.15) is 0 Å². The number of hydrogen-bond acceptors (Lipinski definition) is 6. The summed E-state index contributed by atoms with van der Waals surface area (Å²) in [6, 6.07) is 0.